The van der Waals surface area contributed by atoms with E-state index in [9.17, 15) is 19.1 Å². The van der Waals surface area contributed by atoms with Gasteiger partial charge >= 0.3 is 5.97 Å². The average molecular weight is 530 g/mol. The van der Waals surface area contributed by atoms with Crippen LogP contribution in [0.3, 0.4) is 0 Å². The SMILES string of the molecule is CC1=C(C(=O)N2CCN(c3ccc(F)cc3)CC2)C(c2ccc(Cl)c(Cl)c2)n2nc(C(=O)O)cc2N1. The number of carboxylic acids is 1. The van der Waals surface area contributed by atoms with Gasteiger partial charge in [-0.15, -0.1) is 0 Å². The van der Waals surface area contributed by atoms with Crippen molar-refractivity contribution in [1.29, 1.82) is 0 Å². The zero-order valence-corrected chi connectivity index (χ0v) is 20.7. The molecule has 0 bridgehead atoms. The lowest BCUT2D eigenvalue weighted by atomic mass is 9.94. The number of aromatic carboxylic acids is 1. The topological polar surface area (TPSA) is 90.7 Å². The lowest BCUT2D eigenvalue weighted by Gasteiger charge is -2.38. The van der Waals surface area contributed by atoms with Gasteiger partial charge < -0.3 is 20.2 Å². The van der Waals surface area contributed by atoms with E-state index in [1.54, 1.807) is 42.2 Å². The Labute approximate surface area is 216 Å². The van der Waals surface area contributed by atoms with Gasteiger partial charge in [-0.25, -0.2) is 13.9 Å². The van der Waals surface area contributed by atoms with Crippen LogP contribution in [0.25, 0.3) is 0 Å². The van der Waals surface area contributed by atoms with E-state index in [-0.39, 0.29) is 17.4 Å². The Morgan fingerprint density at radius 2 is 1.72 bits per heavy atom. The van der Waals surface area contributed by atoms with E-state index in [4.69, 9.17) is 23.2 Å². The Bertz CT molecular complexity index is 1380. The van der Waals surface area contributed by atoms with Crippen LogP contribution < -0.4 is 10.2 Å². The molecule has 1 atom stereocenters. The molecule has 1 aromatic heterocycles. The molecule has 2 N–H and O–H groups in total. The van der Waals surface area contributed by atoms with Crippen LogP contribution in [-0.4, -0.2) is 57.8 Å². The van der Waals surface area contributed by atoms with Crippen LogP contribution in [0.5, 0.6) is 0 Å². The van der Waals surface area contributed by atoms with E-state index in [0.717, 1.165) is 5.69 Å². The van der Waals surface area contributed by atoms with Crippen LogP contribution >= 0.6 is 23.2 Å². The molecule has 2 aliphatic heterocycles. The number of hydrogen-bond donors (Lipinski definition) is 2. The van der Waals surface area contributed by atoms with Crippen molar-refractivity contribution in [2.75, 3.05) is 36.4 Å². The summed E-state index contributed by atoms with van der Waals surface area (Å²) in [5, 5.41) is 17.6. The molecular weight excluding hydrogens is 508 g/mol. The van der Waals surface area contributed by atoms with Gasteiger partial charge in [0.05, 0.1) is 15.6 Å². The van der Waals surface area contributed by atoms with Crippen LogP contribution in [0.4, 0.5) is 15.9 Å². The summed E-state index contributed by atoms with van der Waals surface area (Å²) < 4.78 is 14.8. The Hall–Kier alpha value is -3.56. The van der Waals surface area contributed by atoms with E-state index in [1.807, 2.05) is 0 Å². The van der Waals surface area contributed by atoms with E-state index in [0.29, 0.717) is 58.9 Å². The summed E-state index contributed by atoms with van der Waals surface area (Å²) in [4.78, 5) is 29.4. The van der Waals surface area contributed by atoms with Gasteiger partial charge in [0.15, 0.2) is 5.69 Å². The molecule has 2 aliphatic rings. The molecule has 1 amide bonds. The number of benzene rings is 2. The molecule has 5 rings (SSSR count). The number of halogens is 3. The molecule has 2 aromatic carbocycles. The van der Waals surface area contributed by atoms with Gasteiger partial charge in [-0.3, -0.25) is 4.79 Å². The molecule has 3 heterocycles. The third-order valence-electron chi connectivity index (χ3n) is 6.44. The zero-order valence-electron chi connectivity index (χ0n) is 19.2. The third-order valence-corrected chi connectivity index (χ3v) is 7.18. The van der Waals surface area contributed by atoms with Crippen molar-refractivity contribution in [3.05, 3.63) is 86.9 Å². The van der Waals surface area contributed by atoms with Crippen LogP contribution in [0.1, 0.15) is 29.0 Å². The van der Waals surface area contributed by atoms with Crippen molar-refractivity contribution >= 4 is 46.6 Å². The number of allylic oxidation sites excluding steroid dienone is 1. The minimum atomic E-state index is -1.17. The predicted molar refractivity (Wildman–Crippen MR) is 135 cm³/mol. The number of carbonyl (C=O) groups excluding carboxylic acids is 1. The van der Waals surface area contributed by atoms with Gasteiger partial charge in [0.25, 0.3) is 5.91 Å². The first-order valence-electron chi connectivity index (χ1n) is 11.3. The Kier molecular flexibility index (Phi) is 6.36. The van der Waals surface area contributed by atoms with Crippen molar-refractivity contribution < 1.29 is 19.1 Å². The average Bonchev–Trinajstić information content (AvgIpc) is 3.29. The van der Waals surface area contributed by atoms with Crippen molar-refractivity contribution in [2.24, 2.45) is 0 Å². The molecule has 36 heavy (non-hydrogen) atoms. The maximum Gasteiger partial charge on any atom is 0.356 e. The van der Waals surface area contributed by atoms with Crippen molar-refractivity contribution in [1.82, 2.24) is 14.7 Å². The summed E-state index contributed by atoms with van der Waals surface area (Å²) in [5.74, 6) is -1.20. The fourth-order valence-corrected chi connectivity index (χ4v) is 4.94. The molecule has 3 aromatic rings. The summed E-state index contributed by atoms with van der Waals surface area (Å²) in [6.07, 6.45) is 0. The smallest absolute Gasteiger partial charge is 0.356 e. The number of rotatable bonds is 4. The summed E-state index contributed by atoms with van der Waals surface area (Å²) in [5.41, 5.74) is 2.45. The second-order valence-corrected chi connectivity index (χ2v) is 9.47. The summed E-state index contributed by atoms with van der Waals surface area (Å²) in [7, 11) is 0. The van der Waals surface area contributed by atoms with Crippen LogP contribution in [0.15, 0.2) is 59.8 Å². The highest BCUT2D eigenvalue weighted by Crippen LogP contribution is 2.39. The number of nitrogens with zero attached hydrogens (tertiary/aromatic N) is 4. The van der Waals surface area contributed by atoms with Gasteiger partial charge in [0.2, 0.25) is 0 Å². The van der Waals surface area contributed by atoms with Crippen molar-refractivity contribution in [3.8, 4) is 0 Å². The number of amides is 1. The van der Waals surface area contributed by atoms with Gasteiger partial charge in [-0.05, 0) is 48.9 Å². The molecule has 0 spiro atoms. The third kappa shape index (κ3) is 4.40. The maximum atomic E-state index is 13.9. The van der Waals surface area contributed by atoms with E-state index in [1.165, 1.54) is 22.9 Å². The Morgan fingerprint density at radius 3 is 2.36 bits per heavy atom. The lowest BCUT2D eigenvalue weighted by Crippen LogP contribution is -2.50. The molecule has 0 saturated carbocycles. The summed E-state index contributed by atoms with van der Waals surface area (Å²) >= 11 is 12.4. The van der Waals surface area contributed by atoms with Gasteiger partial charge in [-0.2, -0.15) is 5.10 Å². The molecule has 1 saturated heterocycles. The molecule has 11 heteroatoms. The first-order chi connectivity index (χ1) is 17.2. The fraction of sp³-hybridized carbons (Fsp3) is 0.240. The number of anilines is 2. The number of fused-ring (bicyclic) bond motifs is 1. The van der Waals surface area contributed by atoms with Crippen molar-refractivity contribution in [2.45, 2.75) is 13.0 Å². The van der Waals surface area contributed by atoms with Gasteiger partial charge in [-0.1, -0.05) is 29.3 Å². The maximum absolute atomic E-state index is 13.9. The number of hydrogen-bond acceptors (Lipinski definition) is 5. The first kappa shape index (κ1) is 24.1. The quantitative estimate of drug-likeness (QED) is 0.510. The molecular formula is C25H22Cl2FN5O3. The highest BCUT2D eigenvalue weighted by molar-refractivity contribution is 6.42. The molecule has 0 radical (unpaired) electrons. The number of aromatic nitrogens is 2. The number of carbonyl (C=O) groups is 2. The fourth-order valence-electron chi connectivity index (χ4n) is 4.63. The van der Waals surface area contributed by atoms with Crippen molar-refractivity contribution in [3.63, 3.8) is 0 Å². The second-order valence-electron chi connectivity index (χ2n) is 8.66. The minimum absolute atomic E-state index is 0.142. The molecule has 0 aliphatic carbocycles. The molecule has 8 nitrogen and oxygen atoms in total. The normalized spacial score (nSPS) is 17.6. The number of nitrogens with one attached hydrogen (secondary N) is 1. The summed E-state index contributed by atoms with van der Waals surface area (Å²) in [6, 6.07) is 12.1. The minimum Gasteiger partial charge on any atom is -0.476 e. The van der Waals surface area contributed by atoms with E-state index < -0.39 is 12.0 Å². The monoisotopic (exact) mass is 529 g/mol. The highest BCUT2D eigenvalue weighted by atomic mass is 35.5. The standard InChI is InChI=1S/C25H22Cl2FN5O3/c1-14-22(24(34)32-10-8-31(9-11-32)17-5-3-16(28)4-6-17)23(15-2-7-18(26)19(27)12-15)33-21(29-14)13-20(30-33)25(35)36/h2-7,12-13,23,29H,8-11H2,1H3,(H,35,36). The van der Waals surface area contributed by atoms with Crippen LogP contribution in [-0.2, 0) is 4.79 Å². The van der Waals surface area contributed by atoms with Gasteiger partial charge in [0, 0.05) is 43.6 Å². The van der Waals surface area contributed by atoms with Crippen LogP contribution in [0.2, 0.25) is 10.0 Å². The number of carboxylic acid groups (broad SMARTS) is 1. The molecule has 1 fully saturated rings. The second kappa shape index (κ2) is 9.48. The molecule has 186 valence electrons. The Morgan fingerprint density at radius 1 is 1.03 bits per heavy atom. The predicted octanol–water partition coefficient (Wildman–Crippen LogP) is 4.66. The lowest BCUT2D eigenvalue weighted by molar-refractivity contribution is -0.128. The highest BCUT2D eigenvalue weighted by Gasteiger charge is 2.37. The zero-order chi connectivity index (χ0) is 25.6. The molecule has 1 unspecified atom stereocenters. The van der Waals surface area contributed by atoms with E-state index >= 15 is 0 Å². The summed E-state index contributed by atoms with van der Waals surface area (Å²) in [6.45, 7) is 3.89. The number of piperazine rings is 1. The first-order valence-corrected chi connectivity index (χ1v) is 12.0. The largest absolute Gasteiger partial charge is 0.476 e. The van der Waals surface area contributed by atoms with Gasteiger partial charge in [0.1, 0.15) is 17.7 Å². The van der Waals surface area contributed by atoms with Crippen LogP contribution in [0, 0.1) is 5.82 Å². The van der Waals surface area contributed by atoms with E-state index in [2.05, 4.69) is 15.3 Å². The Balaban J connectivity index is 1.46.